The van der Waals surface area contributed by atoms with Gasteiger partial charge in [-0.3, -0.25) is 0 Å². The summed E-state index contributed by atoms with van der Waals surface area (Å²) in [4.78, 5) is 6.62. The van der Waals surface area contributed by atoms with Crippen LogP contribution in [0.3, 0.4) is 0 Å². The minimum Gasteiger partial charge on any atom is -0.377 e. The molecule has 0 atom stereocenters. The van der Waals surface area contributed by atoms with Crippen molar-refractivity contribution in [2.75, 3.05) is 29.6 Å². The van der Waals surface area contributed by atoms with Gasteiger partial charge in [-0.25, -0.2) is 9.37 Å². The summed E-state index contributed by atoms with van der Waals surface area (Å²) in [5.41, 5.74) is 3.01. The van der Waals surface area contributed by atoms with Crippen molar-refractivity contribution in [1.82, 2.24) is 10.3 Å². The van der Waals surface area contributed by atoms with Crippen LogP contribution in [0.4, 0.5) is 21.6 Å². The average molecular weight is 472 g/mol. The molecule has 0 aliphatic heterocycles. The van der Waals surface area contributed by atoms with Crippen LogP contribution in [0.1, 0.15) is 31.2 Å². The summed E-state index contributed by atoms with van der Waals surface area (Å²) in [6.07, 6.45) is 6.01. The summed E-state index contributed by atoms with van der Waals surface area (Å²) < 4.78 is 13.3. The van der Waals surface area contributed by atoms with Gasteiger partial charge < -0.3 is 20.9 Å². The highest BCUT2D eigenvalue weighted by molar-refractivity contribution is 7.80. The Morgan fingerprint density at radius 1 is 1.17 bits per heavy atom. The van der Waals surface area contributed by atoms with E-state index >= 15 is 0 Å². The number of aromatic nitrogens is 1. The smallest absolute Gasteiger partial charge is 0.170 e. The molecule has 3 rings (SSSR count). The van der Waals surface area contributed by atoms with Gasteiger partial charge in [0.25, 0.3) is 0 Å². The van der Waals surface area contributed by atoms with Crippen molar-refractivity contribution in [3.8, 4) is 0 Å². The third-order valence-corrected chi connectivity index (χ3v) is 5.66. The fraction of sp³-hybridized carbons (Fsp3) is 0.429. The lowest BCUT2D eigenvalue weighted by Gasteiger charge is -2.31. The first kappa shape index (κ1) is 24.4. The molecule has 1 aliphatic carbocycles. The molecule has 1 aromatic carbocycles. The number of nitrogens with one attached hydrogen (secondary N) is 3. The fourth-order valence-electron chi connectivity index (χ4n) is 3.59. The normalized spacial score (nSPS) is 18.2. The average Bonchev–Trinajstić information content (AvgIpc) is 2.67. The van der Waals surface area contributed by atoms with E-state index in [1.807, 2.05) is 20.3 Å². The monoisotopic (exact) mass is 471 g/mol. The maximum atomic E-state index is 13.3. The van der Waals surface area contributed by atoms with Crippen LogP contribution in [0.5, 0.6) is 0 Å². The Bertz CT molecular complexity index is 872. The van der Waals surface area contributed by atoms with E-state index in [2.05, 4.69) is 38.8 Å². The van der Waals surface area contributed by atoms with Gasteiger partial charge >= 0.3 is 0 Å². The van der Waals surface area contributed by atoms with Gasteiger partial charge in [0.2, 0.25) is 0 Å². The lowest BCUT2D eigenvalue weighted by molar-refractivity contribution is 0.388. The molecule has 30 heavy (non-hydrogen) atoms. The molecule has 0 unspecified atom stereocenters. The van der Waals surface area contributed by atoms with Crippen molar-refractivity contribution in [2.24, 2.45) is 0 Å². The van der Waals surface area contributed by atoms with Crippen molar-refractivity contribution in [1.29, 1.82) is 0 Å². The second kappa shape index (κ2) is 11.0. The summed E-state index contributed by atoms with van der Waals surface area (Å²) >= 11 is 11.2. The molecule has 1 aliphatic rings. The first-order valence-electron chi connectivity index (χ1n) is 9.75. The van der Waals surface area contributed by atoms with Gasteiger partial charge in [-0.2, -0.15) is 0 Å². The molecule has 1 aromatic heterocycles. The van der Waals surface area contributed by atoms with Gasteiger partial charge in [-0.05, 0) is 68.6 Å². The van der Waals surface area contributed by atoms with E-state index in [1.54, 1.807) is 6.07 Å². The largest absolute Gasteiger partial charge is 0.377 e. The Labute approximate surface area is 194 Å². The van der Waals surface area contributed by atoms with E-state index in [1.165, 1.54) is 17.8 Å². The Balaban J connectivity index is 0.00000320. The van der Waals surface area contributed by atoms with Crippen LogP contribution >= 0.6 is 36.2 Å². The highest BCUT2D eigenvalue weighted by Crippen LogP contribution is 2.25. The molecule has 0 amide bonds. The zero-order chi connectivity index (χ0) is 21.0. The minimum absolute atomic E-state index is 0. The van der Waals surface area contributed by atoms with E-state index < -0.39 is 5.82 Å². The number of benzene rings is 1. The SMILES string of the molecule is Cc1cnc(N[C@H]2CC[C@@H](NC(=S)Nc3ccc(F)c(Cl)c3)CC2)cc1N(C)C.Cl. The number of anilines is 3. The molecule has 2 aromatic rings. The van der Waals surface area contributed by atoms with E-state index in [0.29, 0.717) is 22.9 Å². The van der Waals surface area contributed by atoms with E-state index in [9.17, 15) is 4.39 Å². The van der Waals surface area contributed by atoms with Crippen molar-refractivity contribution in [2.45, 2.75) is 44.7 Å². The molecule has 164 valence electrons. The lowest BCUT2D eigenvalue weighted by atomic mass is 9.91. The summed E-state index contributed by atoms with van der Waals surface area (Å²) in [5, 5.41) is 10.6. The van der Waals surface area contributed by atoms with Crippen LogP contribution < -0.4 is 20.9 Å². The molecule has 0 bridgehead atoms. The molecule has 1 saturated carbocycles. The van der Waals surface area contributed by atoms with Crippen LogP contribution in [0.25, 0.3) is 0 Å². The minimum atomic E-state index is -0.442. The lowest BCUT2D eigenvalue weighted by Crippen LogP contribution is -2.42. The molecule has 0 radical (unpaired) electrons. The molecule has 5 nitrogen and oxygen atoms in total. The number of halogens is 3. The van der Waals surface area contributed by atoms with Crippen LogP contribution in [-0.2, 0) is 0 Å². The van der Waals surface area contributed by atoms with E-state index in [-0.39, 0.29) is 17.4 Å². The summed E-state index contributed by atoms with van der Waals surface area (Å²) in [6.45, 7) is 2.07. The van der Waals surface area contributed by atoms with Gasteiger partial charge in [0.05, 0.1) is 5.02 Å². The number of pyridine rings is 1. The quantitative estimate of drug-likeness (QED) is 0.508. The summed E-state index contributed by atoms with van der Waals surface area (Å²) in [5.74, 6) is 0.476. The molecule has 1 fully saturated rings. The molecule has 0 spiro atoms. The zero-order valence-corrected chi connectivity index (χ0v) is 19.7. The Morgan fingerprint density at radius 3 is 2.47 bits per heavy atom. The number of hydrogen-bond acceptors (Lipinski definition) is 4. The van der Waals surface area contributed by atoms with Crippen molar-refractivity contribution >= 4 is 58.5 Å². The van der Waals surface area contributed by atoms with Gasteiger partial charge in [0, 0.05) is 49.8 Å². The molecule has 3 N–H and O–H groups in total. The van der Waals surface area contributed by atoms with E-state index in [0.717, 1.165) is 37.1 Å². The third-order valence-electron chi connectivity index (χ3n) is 5.15. The predicted molar refractivity (Wildman–Crippen MR) is 131 cm³/mol. The summed E-state index contributed by atoms with van der Waals surface area (Å²) in [6, 6.07) is 7.29. The van der Waals surface area contributed by atoms with Gasteiger partial charge in [-0.1, -0.05) is 11.6 Å². The molecule has 1 heterocycles. The molecule has 9 heteroatoms. The Kier molecular flexibility index (Phi) is 8.94. The predicted octanol–water partition coefficient (Wildman–Crippen LogP) is 5.38. The standard InChI is InChI=1S/C21H27ClFN5S.ClH/c1-13-12-24-20(11-19(13)28(2)3)25-14-4-6-15(7-5-14)26-21(29)27-16-8-9-18(23)17(22)10-16;/h8-12,14-15H,4-7H2,1-3H3,(H,24,25)(H2,26,27,29);1H/t14-,15+;. The second-order valence-corrected chi connectivity index (χ2v) is 8.49. The molecule has 0 saturated heterocycles. The highest BCUT2D eigenvalue weighted by atomic mass is 35.5. The van der Waals surface area contributed by atoms with Crippen LogP contribution in [0.2, 0.25) is 5.02 Å². The topological polar surface area (TPSA) is 52.2 Å². The Morgan fingerprint density at radius 2 is 1.83 bits per heavy atom. The number of hydrogen-bond donors (Lipinski definition) is 3. The van der Waals surface area contributed by atoms with Gasteiger partial charge in [-0.15, -0.1) is 12.4 Å². The Hall–Kier alpha value is -1.83. The van der Waals surface area contributed by atoms with Crippen molar-refractivity contribution in [3.05, 3.63) is 46.9 Å². The highest BCUT2D eigenvalue weighted by Gasteiger charge is 2.22. The van der Waals surface area contributed by atoms with Gasteiger partial charge in [0.1, 0.15) is 11.6 Å². The zero-order valence-electron chi connectivity index (χ0n) is 17.3. The number of aryl methyl sites for hydroxylation is 1. The molecular weight excluding hydrogens is 444 g/mol. The maximum absolute atomic E-state index is 13.3. The summed E-state index contributed by atoms with van der Waals surface area (Å²) in [7, 11) is 4.08. The fourth-order valence-corrected chi connectivity index (χ4v) is 4.06. The van der Waals surface area contributed by atoms with Gasteiger partial charge in [0.15, 0.2) is 5.11 Å². The second-order valence-electron chi connectivity index (χ2n) is 7.67. The number of nitrogens with zero attached hydrogens (tertiary/aromatic N) is 2. The van der Waals surface area contributed by atoms with Crippen LogP contribution in [-0.4, -0.2) is 36.3 Å². The first-order valence-corrected chi connectivity index (χ1v) is 10.5. The van der Waals surface area contributed by atoms with Crippen LogP contribution in [0, 0.1) is 12.7 Å². The van der Waals surface area contributed by atoms with E-state index in [4.69, 9.17) is 23.8 Å². The van der Waals surface area contributed by atoms with Crippen LogP contribution in [0.15, 0.2) is 30.5 Å². The van der Waals surface area contributed by atoms with Crippen molar-refractivity contribution in [3.63, 3.8) is 0 Å². The van der Waals surface area contributed by atoms with Crippen molar-refractivity contribution < 1.29 is 4.39 Å². The number of thiocarbonyl (C=S) groups is 1. The maximum Gasteiger partial charge on any atom is 0.170 e. The number of rotatable bonds is 5. The molecular formula is C21H28Cl2FN5S. The third kappa shape index (κ3) is 6.59. The first-order chi connectivity index (χ1) is 13.8.